The third-order valence-electron chi connectivity index (χ3n) is 3.48. The number of hydrogen-bond acceptors (Lipinski definition) is 4. The highest BCUT2D eigenvalue weighted by Gasteiger charge is 2.17. The van der Waals surface area contributed by atoms with Crippen LogP contribution >= 0.6 is 0 Å². The minimum atomic E-state index is -0.211. The molecule has 1 unspecified atom stereocenters. The van der Waals surface area contributed by atoms with Gasteiger partial charge in [0.2, 0.25) is 0 Å². The van der Waals surface area contributed by atoms with Gasteiger partial charge in [0.1, 0.15) is 0 Å². The minimum Gasteiger partial charge on any atom is -0.376 e. The zero-order valence-electron chi connectivity index (χ0n) is 11.7. The molecule has 0 spiro atoms. The van der Waals surface area contributed by atoms with Gasteiger partial charge in [-0.1, -0.05) is 30.3 Å². The van der Waals surface area contributed by atoms with Crippen molar-refractivity contribution in [1.82, 2.24) is 15.5 Å². The molecule has 108 valence electrons. The van der Waals surface area contributed by atoms with E-state index in [9.17, 15) is 4.79 Å². The van der Waals surface area contributed by atoms with Gasteiger partial charge in [-0.15, -0.1) is 10.2 Å². The van der Waals surface area contributed by atoms with Crippen LogP contribution in [0.2, 0.25) is 0 Å². The summed E-state index contributed by atoms with van der Waals surface area (Å²) in [4.78, 5) is 12.0. The van der Waals surface area contributed by atoms with Crippen LogP contribution < -0.4 is 5.32 Å². The molecule has 5 heteroatoms. The molecule has 1 fully saturated rings. The Labute approximate surface area is 123 Å². The molecular formula is C16H17N3O2. The largest absolute Gasteiger partial charge is 0.376 e. The predicted octanol–water partition coefficient (Wildman–Crippen LogP) is 2.05. The standard InChI is InChI=1S/C16H17N3O2/c20-16(17-11-13-7-4-10-21-13)15-9-8-14(18-19-15)12-5-2-1-3-6-12/h1-3,5-6,8-9,13H,4,7,10-11H2,(H,17,20). The van der Waals surface area contributed by atoms with E-state index in [2.05, 4.69) is 15.5 Å². The van der Waals surface area contributed by atoms with E-state index < -0.39 is 0 Å². The van der Waals surface area contributed by atoms with E-state index in [0.717, 1.165) is 30.7 Å². The first-order valence-electron chi connectivity index (χ1n) is 7.12. The predicted molar refractivity (Wildman–Crippen MR) is 78.8 cm³/mol. The number of rotatable bonds is 4. The lowest BCUT2D eigenvalue weighted by atomic mass is 10.1. The van der Waals surface area contributed by atoms with Crippen LogP contribution in [0.15, 0.2) is 42.5 Å². The highest BCUT2D eigenvalue weighted by molar-refractivity contribution is 5.92. The Bertz CT molecular complexity index is 593. The Morgan fingerprint density at radius 2 is 2.05 bits per heavy atom. The zero-order valence-corrected chi connectivity index (χ0v) is 11.7. The van der Waals surface area contributed by atoms with E-state index in [1.807, 2.05) is 36.4 Å². The minimum absolute atomic E-state index is 0.130. The number of carbonyl (C=O) groups is 1. The lowest BCUT2D eigenvalue weighted by Crippen LogP contribution is -2.32. The third-order valence-corrected chi connectivity index (χ3v) is 3.48. The number of amides is 1. The molecule has 1 amide bonds. The summed E-state index contributed by atoms with van der Waals surface area (Å²) in [7, 11) is 0. The summed E-state index contributed by atoms with van der Waals surface area (Å²) < 4.78 is 5.47. The Morgan fingerprint density at radius 1 is 1.19 bits per heavy atom. The lowest BCUT2D eigenvalue weighted by Gasteiger charge is -2.10. The van der Waals surface area contributed by atoms with Crippen molar-refractivity contribution in [2.45, 2.75) is 18.9 Å². The van der Waals surface area contributed by atoms with E-state index in [1.165, 1.54) is 0 Å². The second-order valence-electron chi connectivity index (χ2n) is 5.01. The van der Waals surface area contributed by atoms with Gasteiger partial charge in [-0.05, 0) is 25.0 Å². The van der Waals surface area contributed by atoms with Crippen molar-refractivity contribution >= 4 is 5.91 Å². The lowest BCUT2D eigenvalue weighted by molar-refractivity contribution is 0.0853. The van der Waals surface area contributed by atoms with Crippen molar-refractivity contribution in [3.05, 3.63) is 48.2 Å². The fourth-order valence-corrected chi connectivity index (χ4v) is 2.32. The molecular weight excluding hydrogens is 266 g/mol. The van der Waals surface area contributed by atoms with E-state index in [1.54, 1.807) is 6.07 Å². The molecule has 2 heterocycles. The summed E-state index contributed by atoms with van der Waals surface area (Å²) in [5, 5.41) is 10.9. The maximum Gasteiger partial charge on any atom is 0.271 e. The SMILES string of the molecule is O=C(NCC1CCCO1)c1ccc(-c2ccccc2)nn1. The van der Waals surface area contributed by atoms with Crippen LogP contribution in [0.25, 0.3) is 11.3 Å². The van der Waals surface area contributed by atoms with Crippen LogP contribution in [0.1, 0.15) is 23.3 Å². The van der Waals surface area contributed by atoms with Gasteiger partial charge in [0, 0.05) is 18.7 Å². The number of nitrogens with one attached hydrogen (secondary N) is 1. The number of nitrogens with zero attached hydrogens (tertiary/aromatic N) is 2. The average Bonchev–Trinajstić information content (AvgIpc) is 3.07. The maximum absolute atomic E-state index is 12.0. The zero-order chi connectivity index (χ0) is 14.5. The van der Waals surface area contributed by atoms with Gasteiger partial charge in [0.15, 0.2) is 5.69 Å². The van der Waals surface area contributed by atoms with Gasteiger partial charge in [-0.25, -0.2) is 0 Å². The Morgan fingerprint density at radius 3 is 2.71 bits per heavy atom. The Hall–Kier alpha value is -2.27. The molecule has 1 aliphatic heterocycles. The molecule has 1 aromatic carbocycles. The molecule has 1 atom stereocenters. The van der Waals surface area contributed by atoms with E-state index >= 15 is 0 Å². The summed E-state index contributed by atoms with van der Waals surface area (Å²) in [5.74, 6) is -0.211. The van der Waals surface area contributed by atoms with Crippen LogP contribution in [-0.2, 0) is 4.74 Å². The van der Waals surface area contributed by atoms with Gasteiger partial charge in [0.25, 0.3) is 5.91 Å². The van der Waals surface area contributed by atoms with Crippen molar-refractivity contribution in [1.29, 1.82) is 0 Å². The van der Waals surface area contributed by atoms with Crippen molar-refractivity contribution in [3.63, 3.8) is 0 Å². The molecule has 5 nitrogen and oxygen atoms in total. The summed E-state index contributed by atoms with van der Waals surface area (Å²) in [6, 6.07) is 13.3. The normalized spacial score (nSPS) is 17.6. The molecule has 2 aromatic rings. The molecule has 0 radical (unpaired) electrons. The number of benzene rings is 1. The van der Waals surface area contributed by atoms with Gasteiger partial charge in [-0.3, -0.25) is 4.79 Å². The molecule has 0 bridgehead atoms. The quantitative estimate of drug-likeness (QED) is 0.932. The highest BCUT2D eigenvalue weighted by Crippen LogP contribution is 2.15. The van der Waals surface area contributed by atoms with Crippen molar-refractivity contribution in [2.24, 2.45) is 0 Å². The van der Waals surface area contributed by atoms with Crippen LogP contribution in [0.4, 0.5) is 0 Å². The summed E-state index contributed by atoms with van der Waals surface area (Å²) in [5.41, 5.74) is 2.07. The molecule has 1 aliphatic rings. The molecule has 21 heavy (non-hydrogen) atoms. The van der Waals surface area contributed by atoms with Crippen LogP contribution in [-0.4, -0.2) is 35.4 Å². The summed E-state index contributed by atoms with van der Waals surface area (Å²) >= 11 is 0. The van der Waals surface area contributed by atoms with Gasteiger partial charge >= 0.3 is 0 Å². The number of ether oxygens (including phenoxy) is 1. The second-order valence-corrected chi connectivity index (χ2v) is 5.01. The molecule has 1 saturated heterocycles. The average molecular weight is 283 g/mol. The van der Waals surface area contributed by atoms with Gasteiger partial charge < -0.3 is 10.1 Å². The molecule has 1 aromatic heterocycles. The van der Waals surface area contributed by atoms with Crippen molar-refractivity contribution in [2.75, 3.05) is 13.2 Å². The fraction of sp³-hybridized carbons (Fsp3) is 0.312. The smallest absolute Gasteiger partial charge is 0.271 e. The third kappa shape index (κ3) is 3.44. The first-order valence-corrected chi connectivity index (χ1v) is 7.12. The molecule has 1 N–H and O–H groups in total. The fourth-order valence-electron chi connectivity index (χ4n) is 2.32. The van der Waals surface area contributed by atoms with Gasteiger partial charge in [0.05, 0.1) is 11.8 Å². The maximum atomic E-state index is 12.0. The van der Waals surface area contributed by atoms with Crippen molar-refractivity contribution < 1.29 is 9.53 Å². The number of aromatic nitrogens is 2. The Balaban J connectivity index is 1.62. The monoisotopic (exact) mass is 283 g/mol. The first kappa shape index (κ1) is 13.7. The van der Waals surface area contributed by atoms with Crippen LogP contribution in [0.3, 0.4) is 0 Å². The number of carbonyl (C=O) groups excluding carboxylic acids is 1. The molecule has 0 saturated carbocycles. The molecule has 0 aliphatic carbocycles. The van der Waals surface area contributed by atoms with Crippen LogP contribution in [0, 0.1) is 0 Å². The van der Waals surface area contributed by atoms with Crippen LogP contribution in [0.5, 0.6) is 0 Å². The van der Waals surface area contributed by atoms with E-state index in [4.69, 9.17) is 4.74 Å². The van der Waals surface area contributed by atoms with E-state index in [0.29, 0.717) is 12.2 Å². The second kappa shape index (κ2) is 6.45. The first-order chi connectivity index (χ1) is 10.3. The Kier molecular flexibility index (Phi) is 4.21. The molecule has 3 rings (SSSR count). The highest BCUT2D eigenvalue weighted by atomic mass is 16.5. The number of hydrogen-bond donors (Lipinski definition) is 1. The van der Waals surface area contributed by atoms with Gasteiger partial charge in [-0.2, -0.15) is 0 Å². The summed E-state index contributed by atoms with van der Waals surface area (Å²) in [6.45, 7) is 1.31. The summed E-state index contributed by atoms with van der Waals surface area (Å²) in [6.07, 6.45) is 2.19. The van der Waals surface area contributed by atoms with Crippen molar-refractivity contribution in [3.8, 4) is 11.3 Å². The topological polar surface area (TPSA) is 64.1 Å². The van der Waals surface area contributed by atoms with E-state index in [-0.39, 0.29) is 12.0 Å².